The van der Waals surface area contributed by atoms with Gasteiger partial charge in [0.1, 0.15) is 11.9 Å². The lowest BCUT2D eigenvalue weighted by molar-refractivity contribution is -0.144. The standard InChI is InChI=1S/C19H27N3O2/c1-4-16(19(23)24)21-11-7-8-14(12-21)18-20-15-9-5-6-10-17(15)22(18)13(2)3/h5-6,9-10,13-14,16H,4,7-8,11-12H2,1-3H3,(H,23,24). The average molecular weight is 329 g/mol. The number of carboxylic acid groups (broad SMARTS) is 1. The van der Waals surface area contributed by atoms with E-state index in [1.165, 1.54) is 5.52 Å². The Bertz CT molecular complexity index is 722. The van der Waals surface area contributed by atoms with Gasteiger partial charge in [-0.15, -0.1) is 0 Å². The van der Waals surface area contributed by atoms with Gasteiger partial charge in [0, 0.05) is 18.5 Å². The number of carboxylic acids is 1. The van der Waals surface area contributed by atoms with Crippen LogP contribution in [0, 0.1) is 0 Å². The van der Waals surface area contributed by atoms with E-state index in [2.05, 4.69) is 41.5 Å². The second-order valence-electron chi connectivity index (χ2n) is 7.02. The molecule has 5 nitrogen and oxygen atoms in total. The lowest BCUT2D eigenvalue weighted by Crippen LogP contribution is -2.46. The van der Waals surface area contributed by atoms with E-state index in [1.807, 2.05) is 13.0 Å². The molecule has 0 aliphatic carbocycles. The first-order chi connectivity index (χ1) is 11.5. The van der Waals surface area contributed by atoms with Crippen LogP contribution < -0.4 is 0 Å². The molecule has 24 heavy (non-hydrogen) atoms. The number of nitrogens with zero attached hydrogens (tertiary/aromatic N) is 3. The van der Waals surface area contributed by atoms with E-state index < -0.39 is 5.97 Å². The number of benzene rings is 1. The van der Waals surface area contributed by atoms with Crippen LogP contribution in [0.1, 0.15) is 57.8 Å². The fraction of sp³-hybridized carbons (Fsp3) is 0.579. The molecule has 5 heteroatoms. The molecule has 1 aliphatic rings. The third kappa shape index (κ3) is 3.05. The van der Waals surface area contributed by atoms with Crippen LogP contribution in [0.3, 0.4) is 0 Å². The van der Waals surface area contributed by atoms with Gasteiger partial charge in [-0.05, 0) is 51.8 Å². The smallest absolute Gasteiger partial charge is 0.320 e. The van der Waals surface area contributed by atoms with Gasteiger partial charge in [-0.2, -0.15) is 0 Å². The van der Waals surface area contributed by atoms with Crippen molar-refractivity contribution in [2.75, 3.05) is 13.1 Å². The average Bonchev–Trinajstić information content (AvgIpc) is 2.95. The number of piperidine rings is 1. The van der Waals surface area contributed by atoms with Gasteiger partial charge in [0.25, 0.3) is 0 Å². The highest BCUT2D eigenvalue weighted by Crippen LogP contribution is 2.32. The van der Waals surface area contributed by atoms with Crippen molar-refractivity contribution in [2.24, 2.45) is 0 Å². The Balaban J connectivity index is 1.95. The van der Waals surface area contributed by atoms with Crippen molar-refractivity contribution in [3.05, 3.63) is 30.1 Å². The molecule has 1 N–H and O–H groups in total. The van der Waals surface area contributed by atoms with Crippen molar-refractivity contribution in [1.82, 2.24) is 14.5 Å². The van der Waals surface area contributed by atoms with Crippen LogP contribution in [-0.4, -0.2) is 44.7 Å². The predicted octanol–water partition coefficient (Wildman–Crippen LogP) is 3.66. The van der Waals surface area contributed by atoms with Crippen LogP contribution in [-0.2, 0) is 4.79 Å². The number of likely N-dealkylation sites (tertiary alicyclic amines) is 1. The van der Waals surface area contributed by atoms with Crippen LogP contribution in [0.2, 0.25) is 0 Å². The third-order valence-corrected chi connectivity index (χ3v) is 5.07. The maximum Gasteiger partial charge on any atom is 0.320 e. The number of hydrogen-bond acceptors (Lipinski definition) is 3. The molecule has 2 aromatic rings. The second kappa shape index (κ2) is 6.93. The number of hydrogen-bond donors (Lipinski definition) is 1. The fourth-order valence-electron chi connectivity index (χ4n) is 3.98. The van der Waals surface area contributed by atoms with Crippen LogP contribution in [0.5, 0.6) is 0 Å². The van der Waals surface area contributed by atoms with Crippen LogP contribution in [0.25, 0.3) is 11.0 Å². The van der Waals surface area contributed by atoms with Crippen LogP contribution in [0.4, 0.5) is 0 Å². The number of fused-ring (bicyclic) bond motifs is 1. The molecule has 1 saturated heterocycles. The molecule has 1 fully saturated rings. The summed E-state index contributed by atoms with van der Waals surface area (Å²) in [6.07, 6.45) is 2.74. The molecule has 1 aliphatic heterocycles. The molecule has 2 heterocycles. The maximum atomic E-state index is 11.5. The summed E-state index contributed by atoms with van der Waals surface area (Å²) >= 11 is 0. The molecule has 0 radical (unpaired) electrons. The minimum absolute atomic E-state index is 0.293. The Labute approximate surface area is 143 Å². The molecule has 2 unspecified atom stereocenters. The largest absolute Gasteiger partial charge is 0.480 e. The van der Waals surface area contributed by atoms with Crippen molar-refractivity contribution < 1.29 is 9.90 Å². The Hall–Kier alpha value is -1.88. The Morgan fingerprint density at radius 1 is 1.38 bits per heavy atom. The Kier molecular flexibility index (Phi) is 4.90. The quantitative estimate of drug-likeness (QED) is 0.909. The number of aromatic nitrogens is 2. The molecule has 0 spiro atoms. The van der Waals surface area contributed by atoms with E-state index >= 15 is 0 Å². The molecule has 1 aromatic heterocycles. The summed E-state index contributed by atoms with van der Waals surface area (Å²) in [5.74, 6) is 0.689. The zero-order valence-corrected chi connectivity index (χ0v) is 14.8. The summed E-state index contributed by atoms with van der Waals surface area (Å²) in [6.45, 7) is 7.96. The maximum absolute atomic E-state index is 11.5. The lowest BCUT2D eigenvalue weighted by Gasteiger charge is -2.36. The first-order valence-corrected chi connectivity index (χ1v) is 8.96. The number of imidazole rings is 1. The van der Waals surface area contributed by atoms with Crippen LogP contribution in [0.15, 0.2) is 24.3 Å². The molecular weight excluding hydrogens is 302 g/mol. The van der Waals surface area contributed by atoms with Gasteiger partial charge in [0.05, 0.1) is 11.0 Å². The minimum atomic E-state index is -0.712. The van der Waals surface area contributed by atoms with Gasteiger partial charge >= 0.3 is 5.97 Å². The summed E-state index contributed by atoms with van der Waals surface area (Å²) in [7, 11) is 0. The molecular formula is C19H27N3O2. The topological polar surface area (TPSA) is 58.4 Å². The summed E-state index contributed by atoms with van der Waals surface area (Å²) in [6, 6.07) is 8.21. The highest BCUT2D eigenvalue weighted by Gasteiger charge is 2.32. The summed E-state index contributed by atoms with van der Waals surface area (Å²) in [4.78, 5) is 18.6. The molecule has 3 rings (SSSR count). The van der Waals surface area contributed by atoms with Gasteiger partial charge in [0.15, 0.2) is 0 Å². The normalized spacial score (nSPS) is 20.6. The van der Waals surface area contributed by atoms with Gasteiger partial charge in [-0.3, -0.25) is 9.69 Å². The van der Waals surface area contributed by atoms with Crippen molar-refractivity contribution in [2.45, 2.75) is 58.0 Å². The van der Waals surface area contributed by atoms with Gasteiger partial charge in [-0.25, -0.2) is 4.98 Å². The first-order valence-electron chi connectivity index (χ1n) is 8.96. The van der Waals surface area contributed by atoms with E-state index in [0.717, 1.165) is 37.3 Å². The van der Waals surface area contributed by atoms with Crippen molar-refractivity contribution >= 4 is 17.0 Å². The number of aliphatic carboxylic acids is 1. The molecule has 1 aromatic carbocycles. The lowest BCUT2D eigenvalue weighted by atomic mass is 9.95. The third-order valence-electron chi connectivity index (χ3n) is 5.07. The number of para-hydroxylation sites is 2. The monoisotopic (exact) mass is 329 g/mol. The molecule has 0 amide bonds. The van der Waals surface area contributed by atoms with E-state index in [9.17, 15) is 9.90 Å². The summed E-state index contributed by atoms with van der Waals surface area (Å²) < 4.78 is 2.32. The van der Waals surface area contributed by atoms with Crippen molar-refractivity contribution in [3.8, 4) is 0 Å². The van der Waals surface area contributed by atoms with E-state index in [1.54, 1.807) is 0 Å². The van der Waals surface area contributed by atoms with Crippen molar-refractivity contribution in [1.29, 1.82) is 0 Å². The SMILES string of the molecule is CCC(C(=O)O)N1CCCC(c2nc3ccccc3n2C(C)C)C1. The summed E-state index contributed by atoms with van der Waals surface area (Å²) in [5, 5.41) is 9.48. The van der Waals surface area contributed by atoms with Crippen LogP contribution >= 0.6 is 0 Å². The second-order valence-corrected chi connectivity index (χ2v) is 7.02. The molecule has 130 valence electrons. The first kappa shape index (κ1) is 17.0. The highest BCUT2D eigenvalue weighted by molar-refractivity contribution is 5.76. The predicted molar refractivity (Wildman–Crippen MR) is 95.4 cm³/mol. The fourth-order valence-corrected chi connectivity index (χ4v) is 3.98. The van der Waals surface area contributed by atoms with Gasteiger partial charge < -0.3 is 9.67 Å². The summed E-state index contributed by atoms with van der Waals surface area (Å²) in [5.41, 5.74) is 2.20. The minimum Gasteiger partial charge on any atom is -0.480 e. The Morgan fingerprint density at radius 3 is 2.79 bits per heavy atom. The van der Waals surface area contributed by atoms with E-state index in [0.29, 0.717) is 18.4 Å². The molecule has 2 atom stereocenters. The molecule has 0 saturated carbocycles. The number of rotatable bonds is 5. The zero-order valence-electron chi connectivity index (χ0n) is 14.8. The van der Waals surface area contributed by atoms with Crippen molar-refractivity contribution in [3.63, 3.8) is 0 Å². The Morgan fingerprint density at radius 2 is 2.12 bits per heavy atom. The van der Waals surface area contributed by atoms with E-state index in [-0.39, 0.29) is 6.04 Å². The van der Waals surface area contributed by atoms with Gasteiger partial charge in [-0.1, -0.05) is 19.1 Å². The molecule has 0 bridgehead atoms. The zero-order chi connectivity index (χ0) is 17.3. The highest BCUT2D eigenvalue weighted by atomic mass is 16.4. The number of carbonyl (C=O) groups is 1. The van der Waals surface area contributed by atoms with Gasteiger partial charge in [0.2, 0.25) is 0 Å². The van der Waals surface area contributed by atoms with E-state index in [4.69, 9.17) is 4.98 Å².